The van der Waals surface area contributed by atoms with E-state index in [0.29, 0.717) is 11.4 Å². The standard InChI is InChI=1S/C14H19NO3/c15-11-5-4-8-13(9-11)17-10-14(16)18-12-6-2-1-3-7-12/h4-5,8-9,12H,1-3,6-7,10,15H2. The summed E-state index contributed by atoms with van der Waals surface area (Å²) in [5.41, 5.74) is 6.24. The maximum absolute atomic E-state index is 11.6. The fraction of sp³-hybridized carbons (Fsp3) is 0.500. The van der Waals surface area contributed by atoms with Crippen LogP contribution in [0.4, 0.5) is 5.69 Å². The third kappa shape index (κ3) is 3.95. The molecule has 0 aromatic heterocycles. The zero-order chi connectivity index (χ0) is 12.8. The number of hydrogen-bond donors (Lipinski definition) is 1. The summed E-state index contributed by atoms with van der Waals surface area (Å²) < 4.78 is 10.7. The van der Waals surface area contributed by atoms with Gasteiger partial charge in [0.05, 0.1) is 0 Å². The lowest BCUT2D eigenvalue weighted by molar-refractivity contribution is -0.152. The summed E-state index contributed by atoms with van der Waals surface area (Å²) in [6.45, 7) is -0.0556. The molecule has 0 heterocycles. The minimum Gasteiger partial charge on any atom is -0.482 e. The molecule has 2 N–H and O–H groups in total. The monoisotopic (exact) mass is 249 g/mol. The van der Waals surface area contributed by atoms with Crippen LogP contribution in [0.1, 0.15) is 32.1 Å². The van der Waals surface area contributed by atoms with E-state index in [1.807, 2.05) is 0 Å². The minimum absolute atomic E-state index is 0.0556. The lowest BCUT2D eigenvalue weighted by Gasteiger charge is -2.21. The van der Waals surface area contributed by atoms with Crippen molar-refractivity contribution in [2.45, 2.75) is 38.2 Å². The molecule has 0 saturated heterocycles. The van der Waals surface area contributed by atoms with Crippen molar-refractivity contribution in [3.63, 3.8) is 0 Å². The van der Waals surface area contributed by atoms with Crippen molar-refractivity contribution in [3.8, 4) is 5.75 Å². The average Bonchev–Trinajstić information content (AvgIpc) is 2.38. The number of benzene rings is 1. The molecular weight excluding hydrogens is 230 g/mol. The molecule has 18 heavy (non-hydrogen) atoms. The molecule has 1 saturated carbocycles. The predicted molar refractivity (Wildman–Crippen MR) is 69.3 cm³/mol. The molecule has 0 bridgehead atoms. The molecule has 0 unspecified atom stereocenters. The Hall–Kier alpha value is -1.71. The first kappa shape index (κ1) is 12.7. The Balaban J connectivity index is 1.74. The molecule has 1 fully saturated rings. The second kappa shape index (κ2) is 6.28. The van der Waals surface area contributed by atoms with Crippen molar-refractivity contribution in [2.75, 3.05) is 12.3 Å². The van der Waals surface area contributed by atoms with Gasteiger partial charge in [-0.05, 0) is 37.8 Å². The van der Waals surface area contributed by atoms with Crippen molar-refractivity contribution >= 4 is 11.7 Å². The molecule has 0 amide bonds. The third-order valence-electron chi connectivity index (χ3n) is 3.07. The summed E-state index contributed by atoms with van der Waals surface area (Å²) in [6, 6.07) is 7.02. The molecule has 0 aliphatic heterocycles. The number of carbonyl (C=O) groups is 1. The van der Waals surface area contributed by atoms with Gasteiger partial charge in [-0.25, -0.2) is 4.79 Å². The van der Waals surface area contributed by atoms with Gasteiger partial charge in [-0.15, -0.1) is 0 Å². The zero-order valence-electron chi connectivity index (χ0n) is 10.4. The first-order valence-electron chi connectivity index (χ1n) is 6.42. The number of nitrogens with two attached hydrogens (primary N) is 1. The predicted octanol–water partition coefficient (Wildman–Crippen LogP) is 2.52. The fourth-order valence-corrected chi connectivity index (χ4v) is 2.15. The van der Waals surface area contributed by atoms with Gasteiger partial charge in [0.15, 0.2) is 6.61 Å². The van der Waals surface area contributed by atoms with Crippen LogP contribution < -0.4 is 10.5 Å². The second-order valence-corrected chi connectivity index (χ2v) is 4.61. The van der Waals surface area contributed by atoms with Crippen LogP contribution in [0, 0.1) is 0 Å². The number of hydrogen-bond acceptors (Lipinski definition) is 4. The molecule has 0 spiro atoms. The van der Waals surface area contributed by atoms with Crippen LogP contribution in [0.5, 0.6) is 5.75 Å². The summed E-state index contributed by atoms with van der Waals surface area (Å²) in [5.74, 6) is 0.292. The third-order valence-corrected chi connectivity index (χ3v) is 3.07. The molecule has 0 radical (unpaired) electrons. The number of anilines is 1. The lowest BCUT2D eigenvalue weighted by Crippen LogP contribution is -2.24. The number of ether oxygens (including phenoxy) is 2. The number of nitrogen functional groups attached to an aromatic ring is 1. The van der Waals surface area contributed by atoms with Crippen LogP contribution in [0.25, 0.3) is 0 Å². The smallest absolute Gasteiger partial charge is 0.344 e. The summed E-state index contributed by atoms with van der Waals surface area (Å²) in [5, 5.41) is 0. The highest BCUT2D eigenvalue weighted by atomic mass is 16.6. The number of esters is 1. The normalized spacial score (nSPS) is 16.2. The van der Waals surface area contributed by atoms with Crippen LogP contribution in [0.2, 0.25) is 0 Å². The van der Waals surface area contributed by atoms with Crippen molar-refractivity contribution < 1.29 is 14.3 Å². The molecule has 1 aliphatic rings. The SMILES string of the molecule is Nc1cccc(OCC(=O)OC2CCCCC2)c1. The average molecular weight is 249 g/mol. The van der Waals surface area contributed by atoms with Crippen LogP contribution in [-0.4, -0.2) is 18.7 Å². The molecule has 98 valence electrons. The molecule has 1 aromatic rings. The van der Waals surface area contributed by atoms with Crippen LogP contribution >= 0.6 is 0 Å². The van der Waals surface area contributed by atoms with Crippen LogP contribution in [0.3, 0.4) is 0 Å². The van der Waals surface area contributed by atoms with E-state index in [4.69, 9.17) is 15.2 Å². The lowest BCUT2D eigenvalue weighted by atomic mass is 9.98. The summed E-state index contributed by atoms with van der Waals surface area (Å²) in [6.07, 6.45) is 5.57. The van der Waals surface area contributed by atoms with E-state index < -0.39 is 0 Å². The molecular formula is C14H19NO3. The second-order valence-electron chi connectivity index (χ2n) is 4.61. The van der Waals surface area contributed by atoms with Crippen molar-refractivity contribution in [1.82, 2.24) is 0 Å². The Bertz CT molecular complexity index is 400. The Morgan fingerprint density at radius 1 is 1.28 bits per heavy atom. The van der Waals surface area contributed by atoms with E-state index in [2.05, 4.69) is 0 Å². The van der Waals surface area contributed by atoms with E-state index in [1.54, 1.807) is 24.3 Å². The van der Waals surface area contributed by atoms with E-state index in [-0.39, 0.29) is 18.7 Å². The van der Waals surface area contributed by atoms with Crippen LogP contribution in [-0.2, 0) is 9.53 Å². The van der Waals surface area contributed by atoms with Gasteiger partial charge in [-0.3, -0.25) is 0 Å². The van der Waals surface area contributed by atoms with E-state index in [0.717, 1.165) is 25.7 Å². The highest BCUT2D eigenvalue weighted by Crippen LogP contribution is 2.20. The van der Waals surface area contributed by atoms with Gasteiger partial charge in [0, 0.05) is 11.8 Å². The Kier molecular flexibility index (Phi) is 4.45. The summed E-state index contributed by atoms with van der Waals surface area (Å²) in [7, 11) is 0. The first-order chi connectivity index (χ1) is 8.74. The molecule has 0 atom stereocenters. The highest BCUT2D eigenvalue weighted by Gasteiger charge is 2.17. The number of carbonyl (C=O) groups excluding carboxylic acids is 1. The van der Waals surface area contributed by atoms with Gasteiger partial charge in [-0.1, -0.05) is 12.5 Å². The van der Waals surface area contributed by atoms with Crippen molar-refractivity contribution in [2.24, 2.45) is 0 Å². The van der Waals surface area contributed by atoms with Gasteiger partial charge in [0.1, 0.15) is 11.9 Å². The van der Waals surface area contributed by atoms with Gasteiger partial charge < -0.3 is 15.2 Å². The molecule has 4 nitrogen and oxygen atoms in total. The molecule has 4 heteroatoms. The Labute approximate surface area is 107 Å². The topological polar surface area (TPSA) is 61.5 Å². The maximum atomic E-state index is 11.6. The van der Waals surface area contributed by atoms with Gasteiger partial charge >= 0.3 is 5.97 Å². The quantitative estimate of drug-likeness (QED) is 0.658. The van der Waals surface area contributed by atoms with Gasteiger partial charge in [-0.2, -0.15) is 0 Å². The maximum Gasteiger partial charge on any atom is 0.344 e. The first-order valence-corrected chi connectivity index (χ1v) is 6.42. The molecule has 2 rings (SSSR count). The molecule has 1 aliphatic carbocycles. The van der Waals surface area contributed by atoms with Crippen molar-refractivity contribution in [1.29, 1.82) is 0 Å². The molecule has 1 aromatic carbocycles. The van der Waals surface area contributed by atoms with Gasteiger partial charge in [0.2, 0.25) is 0 Å². The van der Waals surface area contributed by atoms with E-state index >= 15 is 0 Å². The van der Waals surface area contributed by atoms with E-state index in [1.165, 1.54) is 6.42 Å². The summed E-state index contributed by atoms with van der Waals surface area (Å²) >= 11 is 0. The van der Waals surface area contributed by atoms with Gasteiger partial charge in [0.25, 0.3) is 0 Å². The van der Waals surface area contributed by atoms with E-state index in [9.17, 15) is 4.79 Å². The van der Waals surface area contributed by atoms with Crippen molar-refractivity contribution in [3.05, 3.63) is 24.3 Å². The number of rotatable bonds is 4. The Morgan fingerprint density at radius 3 is 2.78 bits per heavy atom. The highest BCUT2D eigenvalue weighted by molar-refractivity contribution is 5.71. The van der Waals surface area contributed by atoms with Crippen LogP contribution in [0.15, 0.2) is 24.3 Å². The largest absolute Gasteiger partial charge is 0.482 e. The zero-order valence-corrected chi connectivity index (χ0v) is 10.4. The summed E-state index contributed by atoms with van der Waals surface area (Å²) in [4.78, 5) is 11.6. The fourth-order valence-electron chi connectivity index (χ4n) is 2.15. The Morgan fingerprint density at radius 2 is 2.06 bits per heavy atom. The minimum atomic E-state index is -0.302.